The Kier molecular flexibility index (Phi) is 7.08. The Hall–Kier alpha value is -3.66. The Morgan fingerprint density at radius 3 is 1.57 bits per heavy atom. The average molecular weight is 462 g/mol. The maximum absolute atomic E-state index is 11.6. The summed E-state index contributed by atoms with van der Waals surface area (Å²) in [6.07, 6.45) is 2.70. The first kappa shape index (κ1) is 23.1. The average Bonchev–Trinajstić information content (AvgIpc) is 3.48. The number of aliphatic hydroxyl groups excluding tert-OH is 1. The van der Waals surface area contributed by atoms with Gasteiger partial charge in [-0.1, -0.05) is 121 Å². The molecule has 2 atom stereocenters. The Balaban J connectivity index is 1.68. The fourth-order valence-corrected chi connectivity index (χ4v) is 5.04. The van der Waals surface area contributed by atoms with Gasteiger partial charge in [-0.2, -0.15) is 0 Å². The molecule has 0 radical (unpaired) electrons. The van der Waals surface area contributed by atoms with E-state index in [4.69, 9.17) is 4.74 Å². The number of benzene rings is 4. The van der Waals surface area contributed by atoms with E-state index in [0.717, 1.165) is 28.7 Å². The molecule has 3 heteroatoms. The third-order valence-corrected chi connectivity index (χ3v) is 6.73. The van der Waals surface area contributed by atoms with Crippen molar-refractivity contribution >= 4 is 0 Å². The van der Waals surface area contributed by atoms with Gasteiger partial charge in [0.2, 0.25) is 0 Å². The minimum Gasteiger partial charge on any atom is -0.495 e. The monoisotopic (exact) mass is 461 g/mol. The van der Waals surface area contributed by atoms with E-state index in [1.165, 1.54) is 0 Å². The van der Waals surface area contributed by atoms with Gasteiger partial charge in [0.1, 0.15) is 11.9 Å². The molecule has 1 heterocycles. The highest BCUT2D eigenvalue weighted by Gasteiger charge is 2.40. The molecule has 0 saturated heterocycles. The molecule has 1 aliphatic rings. The van der Waals surface area contributed by atoms with Gasteiger partial charge < -0.3 is 9.84 Å². The lowest BCUT2D eigenvalue weighted by atomic mass is 9.76. The maximum atomic E-state index is 11.6. The highest BCUT2D eigenvalue weighted by Crippen LogP contribution is 2.38. The van der Waals surface area contributed by atoms with Crippen LogP contribution in [-0.4, -0.2) is 23.9 Å². The van der Waals surface area contributed by atoms with E-state index >= 15 is 0 Å². The van der Waals surface area contributed by atoms with Gasteiger partial charge in [-0.3, -0.25) is 5.32 Å². The lowest BCUT2D eigenvalue weighted by Crippen LogP contribution is -2.55. The molecule has 0 bridgehead atoms. The molecule has 0 aromatic heterocycles. The first-order valence-electron chi connectivity index (χ1n) is 12.3. The third-order valence-electron chi connectivity index (χ3n) is 6.73. The van der Waals surface area contributed by atoms with Gasteiger partial charge in [0.25, 0.3) is 0 Å². The van der Waals surface area contributed by atoms with Crippen LogP contribution in [0.15, 0.2) is 133 Å². The maximum Gasteiger partial charge on any atom is 0.126 e. The van der Waals surface area contributed by atoms with Crippen molar-refractivity contribution in [2.75, 3.05) is 6.61 Å². The molecular formula is C32H31NO2. The molecule has 4 aromatic carbocycles. The molecule has 0 aliphatic carbocycles. The van der Waals surface area contributed by atoms with Crippen molar-refractivity contribution in [1.82, 2.24) is 5.32 Å². The molecule has 0 spiro atoms. The Bertz CT molecular complexity index is 1130. The predicted molar refractivity (Wildman–Crippen MR) is 141 cm³/mol. The zero-order valence-corrected chi connectivity index (χ0v) is 19.8. The van der Waals surface area contributed by atoms with Gasteiger partial charge in [-0.15, -0.1) is 0 Å². The highest BCUT2D eigenvalue weighted by molar-refractivity contribution is 5.50. The zero-order valence-electron chi connectivity index (χ0n) is 19.8. The van der Waals surface area contributed by atoms with Gasteiger partial charge in [0.05, 0.1) is 12.1 Å². The van der Waals surface area contributed by atoms with E-state index in [1.54, 1.807) is 0 Å². The summed E-state index contributed by atoms with van der Waals surface area (Å²) in [6.45, 7) is 0.617. The number of hydrogen-bond acceptors (Lipinski definition) is 3. The van der Waals surface area contributed by atoms with Crippen molar-refractivity contribution in [1.29, 1.82) is 0 Å². The summed E-state index contributed by atoms with van der Waals surface area (Å²) in [5.41, 5.74) is 3.83. The largest absolute Gasteiger partial charge is 0.495 e. The molecule has 35 heavy (non-hydrogen) atoms. The standard InChI is InChI=1S/C32H31NO2/c34-31(30-22-13-23-35-30)29(24-25-14-5-1-6-15-25)33-32(26-16-7-2-8-17-26,27-18-9-3-10-19-27)28-20-11-4-12-21-28/h1-12,14-22,29,31,33-34H,13,23-24H2. The summed E-state index contributed by atoms with van der Waals surface area (Å²) in [5, 5.41) is 15.6. The first-order chi connectivity index (χ1) is 17.3. The normalized spacial score (nSPS) is 15.2. The number of hydrogen-bond donors (Lipinski definition) is 2. The molecule has 1 aliphatic heterocycles. The summed E-state index contributed by atoms with van der Waals surface area (Å²) in [6, 6.07) is 41.5. The Morgan fingerprint density at radius 1 is 0.686 bits per heavy atom. The summed E-state index contributed by atoms with van der Waals surface area (Å²) >= 11 is 0. The van der Waals surface area contributed by atoms with Gasteiger partial charge >= 0.3 is 0 Å². The van der Waals surface area contributed by atoms with Crippen LogP contribution in [0.4, 0.5) is 0 Å². The smallest absolute Gasteiger partial charge is 0.126 e. The summed E-state index contributed by atoms with van der Waals surface area (Å²) in [4.78, 5) is 0. The van der Waals surface area contributed by atoms with E-state index in [0.29, 0.717) is 18.8 Å². The van der Waals surface area contributed by atoms with Crippen LogP contribution in [0.1, 0.15) is 28.7 Å². The van der Waals surface area contributed by atoms with Crippen LogP contribution in [0.25, 0.3) is 0 Å². The predicted octanol–water partition coefficient (Wildman–Crippen LogP) is 5.84. The van der Waals surface area contributed by atoms with Crippen LogP contribution in [-0.2, 0) is 16.7 Å². The van der Waals surface area contributed by atoms with E-state index in [1.807, 2.05) is 42.5 Å². The highest BCUT2D eigenvalue weighted by atomic mass is 16.5. The summed E-state index contributed by atoms with van der Waals surface area (Å²) < 4.78 is 5.84. The number of rotatable bonds is 9. The van der Waals surface area contributed by atoms with Crippen molar-refractivity contribution in [3.63, 3.8) is 0 Å². The second-order valence-corrected chi connectivity index (χ2v) is 8.98. The number of ether oxygens (including phenoxy) is 1. The molecule has 2 unspecified atom stereocenters. The van der Waals surface area contributed by atoms with Crippen molar-refractivity contribution in [3.05, 3.63) is 155 Å². The van der Waals surface area contributed by atoms with Gasteiger partial charge in [0.15, 0.2) is 0 Å². The SMILES string of the molecule is OC(C1=CCCO1)C(Cc1ccccc1)NC(c1ccccc1)(c1ccccc1)c1ccccc1. The topological polar surface area (TPSA) is 41.5 Å². The summed E-state index contributed by atoms with van der Waals surface area (Å²) in [7, 11) is 0. The van der Waals surface area contributed by atoms with Gasteiger partial charge in [-0.25, -0.2) is 0 Å². The minimum absolute atomic E-state index is 0.303. The van der Waals surface area contributed by atoms with Crippen LogP contribution in [0.5, 0.6) is 0 Å². The van der Waals surface area contributed by atoms with Crippen LogP contribution in [0, 0.1) is 0 Å². The molecule has 0 fully saturated rings. The van der Waals surface area contributed by atoms with Crippen molar-refractivity contribution < 1.29 is 9.84 Å². The molecule has 3 nitrogen and oxygen atoms in total. The molecular weight excluding hydrogens is 430 g/mol. The van der Waals surface area contributed by atoms with Crippen molar-refractivity contribution in [2.45, 2.75) is 30.5 Å². The summed E-state index contributed by atoms with van der Waals surface area (Å²) in [5.74, 6) is 0.654. The van der Waals surface area contributed by atoms with E-state index < -0.39 is 11.6 Å². The molecule has 176 valence electrons. The second-order valence-electron chi connectivity index (χ2n) is 8.98. The van der Waals surface area contributed by atoms with E-state index in [-0.39, 0.29) is 6.04 Å². The van der Waals surface area contributed by atoms with Crippen LogP contribution < -0.4 is 5.32 Å². The molecule has 2 N–H and O–H groups in total. The van der Waals surface area contributed by atoms with Crippen LogP contribution in [0.2, 0.25) is 0 Å². The second kappa shape index (κ2) is 10.7. The number of aliphatic hydroxyl groups is 1. The lowest BCUT2D eigenvalue weighted by Gasteiger charge is -2.41. The Morgan fingerprint density at radius 2 is 1.14 bits per heavy atom. The molecule has 0 amide bonds. The van der Waals surface area contributed by atoms with Gasteiger partial charge in [-0.05, 0) is 34.8 Å². The van der Waals surface area contributed by atoms with Crippen molar-refractivity contribution in [2.24, 2.45) is 0 Å². The van der Waals surface area contributed by atoms with Crippen molar-refractivity contribution in [3.8, 4) is 0 Å². The molecule has 4 aromatic rings. The van der Waals surface area contributed by atoms with E-state index in [9.17, 15) is 5.11 Å². The third kappa shape index (κ3) is 4.93. The lowest BCUT2D eigenvalue weighted by molar-refractivity contribution is 0.0810. The van der Waals surface area contributed by atoms with E-state index in [2.05, 4.69) is 90.2 Å². The van der Waals surface area contributed by atoms with Gasteiger partial charge in [0, 0.05) is 12.5 Å². The first-order valence-corrected chi connectivity index (χ1v) is 12.3. The fourth-order valence-electron chi connectivity index (χ4n) is 5.04. The molecule has 5 rings (SSSR count). The number of nitrogens with one attached hydrogen (secondary N) is 1. The molecule has 0 saturated carbocycles. The van der Waals surface area contributed by atoms with Crippen LogP contribution in [0.3, 0.4) is 0 Å². The fraction of sp³-hybridized carbons (Fsp3) is 0.188. The minimum atomic E-state index is -0.784. The quantitative estimate of drug-likeness (QED) is 0.308. The van der Waals surface area contributed by atoms with Crippen LogP contribution >= 0.6 is 0 Å². The zero-order chi connectivity index (χ0) is 23.9. The Labute approximate surface area is 207 Å².